The van der Waals surface area contributed by atoms with Crippen molar-refractivity contribution in [1.82, 2.24) is 5.32 Å². The van der Waals surface area contributed by atoms with Crippen LogP contribution in [0.2, 0.25) is 0 Å². The van der Waals surface area contributed by atoms with Gasteiger partial charge in [0.15, 0.2) is 11.6 Å². The summed E-state index contributed by atoms with van der Waals surface area (Å²) in [5.74, 6) is -1.65. The van der Waals surface area contributed by atoms with Gasteiger partial charge in [-0.2, -0.15) is 0 Å². The Balaban J connectivity index is 1.76. The summed E-state index contributed by atoms with van der Waals surface area (Å²) in [6.45, 7) is 0.354. The molecule has 1 heterocycles. The van der Waals surface area contributed by atoms with Crippen molar-refractivity contribution < 1.29 is 18.3 Å². The number of thiophene rings is 1. The van der Waals surface area contributed by atoms with Crippen molar-refractivity contribution in [3.05, 3.63) is 52.2 Å². The fraction of sp³-hybridized carbons (Fsp3) is 0.154. The lowest BCUT2D eigenvalue weighted by molar-refractivity contribution is 0.0951. The molecule has 0 fully saturated rings. The predicted molar refractivity (Wildman–Crippen MR) is 68.5 cm³/mol. The third-order valence-electron chi connectivity index (χ3n) is 2.28. The normalized spacial score (nSPS) is 10.2. The van der Waals surface area contributed by atoms with Crippen LogP contribution < -0.4 is 10.1 Å². The van der Waals surface area contributed by atoms with Crippen molar-refractivity contribution in [1.29, 1.82) is 0 Å². The predicted octanol–water partition coefficient (Wildman–Crippen LogP) is 2.84. The molecule has 0 aliphatic rings. The fourth-order valence-electron chi connectivity index (χ4n) is 1.41. The molecule has 0 spiro atoms. The summed E-state index contributed by atoms with van der Waals surface area (Å²) in [7, 11) is 0. The maximum Gasteiger partial charge on any atom is 0.261 e. The van der Waals surface area contributed by atoms with Crippen LogP contribution in [-0.2, 0) is 0 Å². The molecule has 0 saturated carbocycles. The molecule has 0 atom stereocenters. The van der Waals surface area contributed by atoms with E-state index in [-0.39, 0.29) is 24.8 Å². The molecule has 1 N–H and O–H groups in total. The van der Waals surface area contributed by atoms with Gasteiger partial charge in [-0.05, 0) is 23.6 Å². The number of rotatable bonds is 5. The van der Waals surface area contributed by atoms with Gasteiger partial charge in [-0.1, -0.05) is 6.07 Å². The number of ether oxygens (including phenoxy) is 1. The van der Waals surface area contributed by atoms with Crippen LogP contribution in [0.5, 0.6) is 5.75 Å². The molecule has 0 saturated heterocycles. The lowest BCUT2D eigenvalue weighted by atomic mass is 10.3. The third kappa shape index (κ3) is 3.75. The molecule has 1 amide bonds. The lowest BCUT2D eigenvalue weighted by Gasteiger charge is -2.07. The fourth-order valence-corrected chi connectivity index (χ4v) is 2.05. The zero-order valence-corrected chi connectivity index (χ0v) is 10.7. The molecule has 0 unspecified atom stereocenters. The van der Waals surface area contributed by atoms with Gasteiger partial charge in [0.2, 0.25) is 0 Å². The maximum atomic E-state index is 13.2. The van der Waals surface area contributed by atoms with Gasteiger partial charge in [-0.15, -0.1) is 11.3 Å². The molecule has 0 aliphatic carbocycles. The Labute approximate surface area is 112 Å². The first kappa shape index (κ1) is 13.5. The number of nitrogens with one attached hydrogen (secondary N) is 1. The Morgan fingerprint density at radius 1 is 1.32 bits per heavy atom. The Bertz CT molecular complexity index is 558. The number of carbonyl (C=O) groups excluding carboxylic acids is 1. The first-order valence-electron chi connectivity index (χ1n) is 5.56. The van der Waals surface area contributed by atoms with Crippen LogP contribution in [-0.4, -0.2) is 19.1 Å². The smallest absolute Gasteiger partial charge is 0.261 e. The van der Waals surface area contributed by atoms with Gasteiger partial charge in [0.1, 0.15) is 12.4 Å². The molecule has 1 aromatic carbocycles. The molecule has 2 rings (SSSR count). The van der Waals surface area contributed by atoms with Crippen LogP contribution in [0.25, 0.3) is 0 Å². The Morgan fingerprint density at radius 2 is 2.16 bits per heavy atom. The molecule has 19 heavy (non-hydrogen) atoms. The number of benzene rings is 1. The molecule has 100 valence electrons. The van der Waals surface area contributed by atoms with E-state index in [2.05, 4.69) is 5.32 Å². The van der Waals surface area contributed by atoms with E-state index in [1.54, 1.807) is 17.5 Å². The summed E-state index contributed by atoms with van der Waals surface area (Å²) < 4.78 is 31.0. The SMILES string of the molecule is O=C(NCCOc1ccc(F)cc1F)c1cccs1. The number of carbonyl (C=O) groups is 1. The zero-order valence-electron chi connectivity index (χ0n) is 9.86. The van der Waals surface area contributed by atoms with Crippen molar-refractivity contribution in [2.45, 2.75) is 0 Å². The van der Waals surface area contributed by atoms with E-state index in [4.69, 9.17) is 4.74 Å². The lowest BCUT2D eigenvalue weighted by Crippen LogP contribution is -2.27. The van der Waals surface area contributed by atoms with E-state index in [0.29, 0.717) is 4.88 Å². The Morgan fingerprint density at radius 3 is 2.84 bits per heavy atom. The second-order valence-electron chi connectivity index (χ2n) is 3.66. The Hall–Kier alpha value is -1.95. The quantitative estimate of drug-likeness (QED) is 0.857. The molecule has 3 nitrogen and oxygen atoms in total. The van der Waals surface area contributed by atoms with Crippen LogP contribution in [0, 0.1) is 11.6 Å². The average molecular weight is 283 g/mol. The maximum absolute atomic E-state index is 13.2. The van der Waals surface area contributed by atoms with Gasteiger partial charge < -0.3 is 10.1 Å². The third-order valence-corrected chi connectivity index (χ3v) is 3.15. The molecule has 0 aliphatic heterocycles. The van der Waals surface area contributed by atoms with Crippen LogP contribution in [0.3, 0.4) is 0 Å². The standard InChI is InChI=1S/C13H11F2NO2S/c14-9-3-4-11(10(15)8-9)18-6-5-16-13(17)12-2-1-7-19-12/h1-4,7-8H,5-6H2,(H,16,17). The number of amides is 1. The summed E-state index contributed by atoms with van der Waals surface area (Å²) in [5, 5.41) is 4.44. The van der Waals surface area contributed by atoms with E-state index < -0.39 is 11.6 Å². The highest BCUT2D eigenvalue weighted by Crippen LogP contribution is 2.17. The molecule has 0 radical (unpaired) electrons. The minimum Gasteiger partial charge on any atom is -0.489 e. The van der Waals surface area contributed by atoms with Crippen molar-refractivity contribution in [3.63, 3.8) is 0 Å². The van der Waals surface area contributed by atoms with Gasteiger partial charge in [-0.3, -0.25) is 4.79 Å². The van der Waals surface area contributed by atoms with Crippen LogP contribution in [0.15, 0.2) is 35.7 Å². The largest absolute Gasteiger partial charge is 0.489 e. The summed E-state index contributed by atoms with van der Waals surface area (Å²) in [4.78, 5) is 12.2. The van der Waals surface area contributed by atoms with Gasteiger partial charge in [0.05, 0.1) is 11.4 Å². The van der Waals surface area contributed by atoms with Crippen LogP contribution >= 0.6 is 11.3 Å². The Kier molecular flexibility index (Phi) is 4.46. The van der Waals surface area contributed by atoms with Crippen LogP contribution in [0.1, 0.15) is 9.67 Å². The number of halogens is 2. The molecule has 6 heteroatoms. The molecular formula is C13H11F2NO2S. The molecule has 1 aromatic heterocycles. The highest BCUT2D eigenvalue weighted by molar-refractivity contribution is 7.12. The zero-order chi connectivity index (χ0) is 13.7. The molecule has 0 bridgehead atoms. The van der Waals surface area contributed by atoms with Gasteiger partial charge >= 0.3 is 0 Å². The van der Waals surface area contributed by atoms with E-state index in [1.807, 2.05) is 0 Å². The van der Waals surface area contributed by atoms with E-state index >= 15 is 0 Å². The average Bonchev–Trinajstić information content (AvgIpc) is 2.90. The monoisotopic (exact) mass is 283 g/mol. The first-order valence-corrected chi connectivity index (χ1v) is 6.44. The first-order chi connectivity index (χ1) is 9.16. The summed E-state index contributed by atoms with van der Waals surface area (Å²) >= 11 is 1.33. The number of hydrogen-bond donors (Lipinski definition) is 1. The van der Waals surface area contributed by atoms with Gasteiger partial charge in [0, 0.05) is 6.07 Å². The van der Waals surface area contributed by atoms with Crippen molar-refractivity contribution in [2.75, 3.05) is 13.2 Å². The highest BCUT2D eigenvalue weighted by Gasteiger charge is 2.07. The van der Waals surface area contributed by atoms with Gasteiger partial charge in [-0.25, -0.2) is 8.78 Å². The van der Waals surface area contributed by atoms with E-state index in [1.165, 1.54) is 17.4 Å². The van der Waals surface area contributed by atoms with E-state index in [0.717, 1.165) is 12.1 Å². The molecule has 2 aromatic rings. The highest BCUT2D eigenvalue weighted by atomic mass is 32.1. The second-order valence-corrected chi connectivity index (χ2v) is 4.60. The summed E-state index contributed by atoms with van der Waals surface area (Å²) in [5.41, 5.74) is 0. The van der Waals surface area contributed by atoms with E-state index in [9.17, 15) is 13.6 Å². The van der Waals surface area contributed by atoms with Crippen LogP contribution in [0.4, 0.5) is 8.78 Å². The van der Waals surface area contributed by atoms with Crippen molar-refractivity contribution in [3.8, 4) is 5.75 Å². The van der Waals surface area contributed by atoms with Crippen molar-refractivity contribution in [2.24, 2.45) is 0 Å². The summed E-state index contributed by atoms with van der Waals surface area (Å²) in [6, 6.07) is 6.57. The topological polar surface area (TPSA) is 38.3 Å². The minimum atomic E-state index is -0.760. The van der Waals surface area contributed by atoms with Crippen molar-refractivity contribution >= 4 is 17.2 Å². The second kappa shape index (κ2) is 6.29. The summed E-state index contributed by atoms with van der Waals surface area (Å²) in [6.07, 6.45) is 0. The van der Waals surface area contributed by atoms with Gasteiger partial charge in [0.25, 0.3) is 5.91 Å². The molecular weight excluding hydrogens is 272 g/mol. The number of hydrogen-bond acceptors (Lipinski definition) is 3. The minimum absolute atomic E-state index is 0.0354.